The molecule has 5 nitrogen and oxygen atoms in total. The van der Waals surface area contributed by atoms with Crippen molar-refractivity contribution in [3.8, 4) is 5.75 Å². The van der Waals surface area contributed by atoms with E-state index in [-0.39, 0.29) is 11.8 Å². The Kier molecular flexibility index (Phi) is 3.80. The van der Waals surface area contributed by atoms with Crippen molar-refractivity contribution in [1.82, 2.24) is 10.2 Å². The molecule has 6 heteroatoms. The van der Waals surface area contributed by atoms with Crippen molar-refractivity contribution in [3.05, 3.63) is 29.8 Å². The van der Waals surface area contributed by atoms with Crippen LogP contribution in [-0.2, 0) is 16.1 Å². The van der Waals surface area contributed by atoms with Crippen LogP contribution in [0.5, 0.6) is 5.75 Å². The molecule has 1 N–H and O–H groups in total. The zero-order chi connectivity index (χ0) is 14.9. The summed E-state index contributed by atoms with van der Waals surface area (Å²) in [5.74, 6) is 1.68. The maximum absolute atomic E-state index is 12.5. The third-order valence-corrected chi connectivity index (χ3v) is 5.51. The summed E-state index contributed by atoms with van der Waals surface area (Å²) in [5.41, 5.74) is 1.01. The van der Waals surface area contributed by atoms with Crippen molar-refractivity contribution < 1.29 is 14.3 Å². The minimum absolute atomic E-state index is 0.0494. The third-order valence-electron chi connectivity index (χ3n) is 4.04. The quantitative estimate of drug-likeness (QED) is 0.913. The molecule has 0 aliphatic carbocycles. The maximum atomic E-state index is 12.5. The Morgan fingerprint density at radius 2 is 2.19 bits per heavy atom. The van der Waals surface area contributed by atoms with Gasteiger partial charge in [-0.3, -0.25) is 9.59 Å². The number of carbonyl (C=O) groups is 2. The topological polar surface area (TPSA) is 58.6 Å². The summed E-state index contributed by atoms with van der Waals surface area (Å²) >= 11 is 1.59. The summed E-state index contributed by atoms with van der Waals surface area (Å²) in [5, 5.41) is 2.97. The maximum Gasteiger partial charge on any atom is 0.256 e. The minimum atomic E-state index is -0.663. The number of hydrogen-bond acceptors (Lipinski definition) is 4. The van der Waals surface area contributed by atoms with Crippen molar-refractivity contribution >= 4 is 23.6 Å². The molecule has 1 aromatic rings. The Morgan fingerprint density at radius 3 is 2.90 bits per heavy atom. The van der Waals surface area contributed by atoms with Crippen LogP contribution < -0.4 is 10.1 Å². The summed E-state index contributed by atoms with van der Waals surface area (Å²) in [6.07, 6.45) is 1.09. The van der Waals surface area contributed by atoms with E-state index in [1.807, 2.05) is 24.3 Å². The molecule has 2 aliphatic rings. The molecule has 2 aliphatic heterocycles. The van der Waals surface area contributed by atoms with Crippen LogP contribution in [0.3, 0.4) is 0 Å². The molecule has 112 valence electrons. The van der Waals surface area contributed by atoms with E-state index in [2.05, 4.69) is 5.32 Å². The molecule has 1 aromatic carbocycles. The Hall–Kier alpha value is -1.69. The highest BCUT2D eigenvalue weighted by Gasteiger charge is 2.54. The molecule has 2 amide bonds. The number of nitrogens with one attached hydrogen (secondary N) is 1. The minimum Gasteiger partial charge on any atom is -0.497 e. The van der Waals surface area contributed by atoms with Crippen LogP contribution in [0.15, 0.2) is 24.3 Å². The van der Waals surface area contributed by atoms with Crippen LogP contribution >= 0.6 is 11.8 Å². The van der Waals surface area contributed by atoms with E-state index in [4.69, 9.17) is 4.74 Å². The molecule has 0 bridgehead atoms. The van der Waals surface area contributed by atoms with Crippen molar-refractivity contribution in [2.24, 2.45) is 0 Å². The van der Waals surface area contributed by atoms with Gasteiger partial charge in [0.1, 0.15) is 5.75 Å². The number of rotatable bonds is 4. The van der Waals surface area contributed by atoms with Crippen molar-refractivity contribution in [2.45, 2.75) is 24.3 Å². The van der Waals surface area contributed by atoms with Crippen LogP contribution in [0.25, 0.3) is 0 Å². The third kappa shape index (κ3) is 2.48. The monoisotopic (exact) mass is 306 g/mol. The van der Waals surface area contributed by atoms with E-state index in [9.17, 15) is 9.59 Å². The smallest absolute Gasteiger partial charge is 0.256 e. The fourth-order valence-electron chi connectivity index (χ4n) is 2.87. The predicted molar refractivity (Wildman–Crippen MR) is 81.0 cm³/mol. The standard InChI is InChI=1S/C15H18N2O3S/c1-20-12-4-2-11(3-5-12)10-16-14(19)15-7-6-13(18)17(15)8-9-21-15/h2-5H,6-10H2,1H3,(H,16,19)/t15-/m1/s1. The largest absolute Gasteiger partial charge is 0.497 e. The lowest BCUT2D eigenvalue weighted by molar-refractivity contribution is -0.135. The van der Waals surface area contributed by atoms with E-state index >= 15 is 0 Å². The number of amides is 2. The summed E-state index contributed by atoms with van der Waals surface area (Å²) in [6.45, 7) is 1.15. The van der Waals surface area contributed by atoms with Crippen molar-refractivity contribution in [1.29, 1.82) is 0 Å². The van der Waals surface area contributed by atoms with Crippen LogP contribution in [0.2, 0.25) is 0 Å². The Bertz CT molecular complexity index is 561. The highest BCUT2D eigenvalue weighted by Crippen LogP contribution is 2.44. The molecular weight excluding hydrogens is 288 g/mol. The van der Waals surface area contributed by atoms with Crippen LogP contribution in [0, 0.1) is 0 Å². The molecule has 21 heavy (non-hydrogen) atoms. The fraction of sp³-hybridized carbons (Fsp3) is 0.467. The fourth-order valence-corrected chi connectivity index (χ4v) is 4.28. The first-order valence-corrected chi connectivity index (χ1v) is 8.00. The highest BCUT2D eigenvalue weighted by atomic mass is 32.2. The van der Waals surface area contributed by atoms with Gasteiger partial charge in [-0.1, -0.05) is 12.1 Å². The molecule has 2 saturated heterocycles. The predicted octanol–water partition coefficient (Wildman–Crippen LogP) is 1.38. The van der Waals surface area contributed by atoms with E-state index in [0.717, 1.165) is 17.1 Å². The lowest BCUT2D eigenvalue weighted by Gasteiger charge is -2.29. The van der Waals surface area contributed by atoms with Gasteiger partial charge in [0.05, 0.1) is 7.11 Å². The number of hydrogen-bond donors (Lipinski definition) is 1. The molecule has 0 radical (unpaired) electrons. The van der Waals surface area contributed by atoms with Gasteiger partial charge in [-0.25, -0.2) is 0 Å². The Labute approximate surface area is 128 Å². The van der Waals surface area contributed by atoms with Gasteiger partial charge in [0, 0.05) is 25.3 Å². The molecule has 2 fully saturated rings. The van der Waals surface area contributed by atoms with Crippen molar-refractivity contribution in [3.63, 3.8) is 0 Å². The second kappa shape index (κ2) is 5.60. The molecule has 0 spiro atoms. The number of fused-ring (bicyclic) bond motifs is 1. The second-order valence-corrected chi connectivity index (χ2v) is 6.58. The molecule has 3 rings (SSSR count). The highest BCUT2D eigenvalue weighted by molar-refractivity contribution is 8.01. The molecule has 0 unspecified atom stereocenters. The lowest BCUT2D eigenvalue weighted by Crippen LogP contribution is -2.50. The summed E-state index contributed by atoms with van der Waals surface area (Å²) < 4.78 is 5.11. The van der Waals surface area contributed by atoms with Gasteiger partial charge in [-0.2, -0.15) is 0 Å². The van der Waals surface area contributed by atoms with E-state index in [1.54, 1.807) is 23.8 Å². The Balaban J connectivity index is 1.65. The van der Waals surface area contributed by atoms with Gasteiger partial charge in [0.15, 0.2) is 4.87 Å². The van der Waals surface area contributed by atoms with Gasteiger partial charge in [-0.15, -0.1) is 11.8 Å². The van der Waals surface area contributed by atoms with Gasteiger partial charge in [-0.05, 0) is 24.1 Å². The number of methoxy groups -OCH3 is 1. The zero-order valence-corrected chi connectivity index (χ0v) is 12.7. The number of thioether (sulfide) groups is 1. The Morgan fingerprint density at radius 1 is 1.43 bits per heavy atom. The molecular formula is C15H18N2O3S. The van der Waals surface area contributed by atoms with Gasteiger partial charge in [0.2, 0.25) is 5.91 Å². The van der Waals surface area contributed by atoms with Crippen molar-refractivity contribution in [2.75, 3.05) is 19.4 Å². The zero-order valence-electron chi connectivity index (χ0n) is 11.9. The van der Waals surface area contributed by atoms with Gasteiger partial charge >= 0.3 is 0 Å². The average molecular weight is 306 g/mol. The number of nitrogens with zero attached hydrogens (tertiary/aromatic N) is 1. The van der Waals surface area contributed by atoms with Crippen LogP contribution in [-0.4, -0.2) is 41.0 Å². The first-order chi connectivity index (χ1) is 10.2. The van der Waals surface area contributed by atoms with Crippen LogP contribution in [0.1, 0.15) is 18.4 Å². The van der Waals surface area contributed by atoms with Gasteiger partial charge < -0.3 is 15.0 Å². The first kappa shape index (κ1) is 14.3. The van der Waals surface area contributed by atoms with E-state index < -0.39 is 4.87 Å². The second-order valence-electron chi connectivity index (χ2n) is 5.21. The first-order valence-electron chi connectivity index (χ1n) is 7.01. The van der Waals surface area contributed by atoms with E-state index in [1.165, 1.54) is 0 Å². The average Bonchev–Trinajstić information content (AvgIpc) is 3.07. The normalized spacial score (nSPS) is 24.0. The number of carbonyl (C=O) groups excluding carboxylic acids is 2. The summed E-state index contributed by atoms with van der Waals surface area (Å²) in [7, 11) is 1.62. The SMILES string of the molecule is COc1ccc(CNC(=O)[C@]23CCC(=O)N2CCS3)cc1. The molecule has 1 atom stereocenters. The number of benzene rings is 1. The van der Waals surface area contributed by atoms with Gasteiger partial charge in [0.25, 0.3) is 5.91 Å². The summed E-state index contributed by atoms with van der Waals surface area (Å²) in [6, 6.07) is 7.59. The lowest BCUT2D eigenvalue weighted by atomic mass is 10.1. The molecule has 0 aromatic heterocycles. The van der Waals surface area contributed by atoms with E-state index in [0.29, 0.717) is 25.9 Å². The molecule has 2 heterocycles. The summed E-state index contributed by atoms with van der Waals surface area (Å²) in [4.78, 5) is 25.4. The molecule has 0 saturated carbocycles. The van der Waals surface area contributed by atoms with Crippen LogP contribution in [0.4, 0.5) is 0 Å². The number of ether oxygens (including phenoxy) is 1.